The van der Waals surface area contributed by atoms with Gasteiger partial charge in [0.05, 0.1) is 30.6 Å². The molecule has 4 aromatic rings. The Bertz CT molecular complexity index is 1710. The Hall–Kier alpha value is -4.81. The number of ether oxygens (including phenoxy) is 3. The molecule has 0 atom stereocenters. The van der Waals surface area contributed by atoms with Crippen molar-refractivity contribution >= 4 is 43.0 Å². The number of sulfonamides is 2. The highest BCUT2D eigenvalue weighted by molar-refractivity contribution is 7.93. The van der Waals surface area contributed by atoms with Crippen LogP contribution in [0.25, 0.3) is 5.57 Å². The van der Waals surface area contributed by atoms with Crippen molar-refractivity contribution in [2.75, 3.05) is 30.3 Å². The summed E-state index contributed by atoms with van der Waals surface area (Å²) in [5.74, 6) is 0.414. The summed E-state index contributed by atoms with van der Waals surface area (Å²) in [6, 6.07) is 24.8. The van der Waals surface area contributed by atoms with Crippen LogP contribution in [-0.2, 0) is 29.6 Å². The summed E-state index contributed by atoms with van der Waals surface area (Å²) in [6.07, 6.45) is 1.28. The molecular weight excluding hydrogens is 592 g/mol. The molecule has 10 nitrogen and oxygen atoms in total. The number of carbonyl (C=O) groups is 1. The van der Waals surface area contributed by atoms with E-state index in [2.05, 4.69) is 9.44 Å². The van der Waals surface area contributed by atoms with Gasteiger partial charge in [-0.3, -0.25) is 9.44 Å². The van der Waals surface area contributed by atoms with E-state index in [4.69, 9.17) is 14.2 Å². The van der Waals surface area contributed by atoms with Crippen LogP contribution in [-0.4, -0.2) is 43.6 Å². The zero-order valence-corrected chi connectivity index (χ0v) is 25.2. The van der Waals surface area contributed by atoms with E-state index in [0.717, 1.165) is 0 Å². The number of carbonyl (C=O) groups excluding carboxylic acids is 1. The lowest BCUT2D eigenvalue weighted by atomic mass is 9.97. The summed E-state index contributed by atoms with van der Waals surface area (Å²) in [5.41, 5.74) is 1.85. The molecule has 43 heavy (non-hydrogen) atoms. The van der Waals surface area contributed by atoms with E-state index in [1.807, 2.05) is 0 Å². The van der Waals surface area contributed by atoms with Gasteiger partial charge < -0.3 is 14.2 Å². The predicted molar refractivity (Wildman–Crippen MR) is 164 cm³/mol. The van der Waals surface area contributed by atoms with Crippen molar-refractivity contribution in [1.29, 1.82) is 0 Å². The van der Waals surface area contributed by atoms with Crippen molar-refractivity contribution in [3.05, 3.63) is 114 Å². The average molecular weight is 623 g/mol. The molecule has 2 N–H and O–H groups in total. The number of hydrogen-bond acceptors (Lipinski definition) is 8. The SMILES string of the molecule is CCOC(=O)C=C(c1cccc(NS(=O)(=O)c2ccc(OC)cc2)c1)c1cccc(NS(=O)(=O)c2ccc(OC)cc2)c1. The summed E-state index contributed by atoms with van der Waals surface area (Å²) in [5, 5.41) is 0. The highest BCUT2D eigenvalue weighted by Gasteiger charge is 2.18. The highest BCUT2D eigenvalue weighted by atomic mass is 32.2. The monoisotopic (exact) mass is 622 g/mol. The lowest BCUT2D eigenvalue weighted by Crippen LogP contribution is -2.13. The van der Waals surface area contributed by atoms with E-state index >= 15 is 0 Å². The fourth-order valence-electron chi connectivity index (χ4n) is 4.07. The number of hydrogen-bond donors (Lipinski definition) is 2. The largest absolute Gasteiger partial charge is 0.497 e. The van der Waals surface area contributed by atoms with Crippen molar-refractivity contribution < 1.29 is 35.8 Å². The molecule has 0 saturated carbocycles. The summed E-state index contributed by atoms with van der Waals surface area (Å²) < 4.78 is 72.6. The second kappa shape index (κ2) is 13.4. The van der Waals surface area contributed by atoms with Crippen LogP contribution < -0.4 is 18.9 Å². The van der Waals surface area contributed by atoms with Crippen LogP contribution in [0, 0.1) is 0 Å². The first-order valence-electron chi connectivity index (χ1n) is 13.0. The maximum Gasteiger partial charge on any atom is 0.331 e. The third-order valence-corrected chi connectivity index (χ3v) is 8.93. The van der Waals surface area contributed by atoms with E-state index in [9.17, 15) is 21.6 Å². The van der Waals surface area contributed by atoms with Crippen molar-refractivity contribution in [2.45, 2.75) is 16.7 Å². The summed E-state index contributed by atoms with van der Waals surface area (Å²) in [7, 11) is -4.90. The summed E-state index contributed by atoms with van der Waals surface area (Å²) >= 11 is 0. The molecule has 224 valence electrons. The first kappa shape index (κ1) is 31.1. The Kier molecular flexibility index (Phi) is 9.73. The van der Waals surface area contributed by atoms with Gasteiger partial charge in [0.25, 0.3) is 20.0 Å². The fourth-order valence-corrected chi connectivity index (χ4v) is 6.17. The van der Waals surface area contributed by atoms with E-state index in [-0.39, 0.29) is 27.8 Å². The zero-order chi connectivity index (χ0) is 31.0. The maximum absolute atomic E-state index is 13.0. The molecule has 0 aliphatic carbocycles. The first-order chi connectivity index (χ1) is 20.5. The third kappa shape index (κ3) is 7.93. The van der Waals surface area contributed by atoms with Gasteiger partial charge in [-0.2, -0.15) is 0 Å². The molecule has 12 heteroatoms. The predicted octanol–water partition coefficient (Wildman–Crippen LogP) is 5.30. The van der Waals surface area contributed by atoms with Gasteiger partial charge in [0.15, 0.2) is 0 Å². The summed E-state index contributed by atoms with van der Waals surface area (Å²) in [4.78, 5) is 12.6. The average Bonchev–Trinajstić information content (AvgIpc) is 3.00. The molecule has 0 bridgehead atoms. The molecule has 0 spiro atoms. The maximum atomic E-state index is 13.0. The Morgan fingerprint density at radius 1 is 0.674 bits per heavy atom. The van der Waals surface area contributed by atoms with Gasteiger partial charge in [-0.25, -0.2) is 21.6 Å². The lowest BCUT2D eigenvalue weighted by molar-refractivity contribution is -0.137. The van der Waals surface area contributed by atoms with Gasteiger partial charge in [-0.05, 0) is 96.4 Å². The minimum absolute atomic E-state index is 0.0397. The Morgan fingerprint density at radius 3 is 1.47 bits per heavy atom. The Morgan fingerprint density at radius 2 is 1.09 bits per heavy atom. The van der Waals surface area contributed by atoms with Crippen LogP contribution in [0.15, 0.2) is 113 Å². The van der Waals surface area contributed by atoms with Gasteiger partial charge >= 0.3 is 5.97 Å². The number of rotatable bonds is 12. The van der Waals surface area contributed by atoms with Crippen molar-refractivity contribution in [1.82, 2.24) is 0 Å². The van der Waals surface area contributed by atoms with Gasteiger partial charge in [0.1, 0.15) is 11.5 Å². The van der Waals surface area contributed by atoms with Gasteiger partial charge in [-0.15, -0.1) is 0 Å². The van der Waals surface area contributed by atoms with Crippen molar-refractivity contribution in [2.24, 2.45) is 0 Å². The highest BCUT2D eigenvalue weighted by Crippen LogP contribution is 2.30. The topological polar surface area (TPSA) is 137 Å². The van der Waals surface area contributed by atoms with Crippen molar-refractivity contribution in [3.63, 3.8) is 0 Å². The summed E-state index contributed by atoms with van der Waals surface area (Å²) in [6.45, 7) is 1.82. The molecule has 0 heterocycles. The number of esters is 1. The van der Waals surface area contributed by atoms with Crippen LogP contribution in [0.2, 0.25) is 0 Å². The molecule has 0 aromatic heterocycles. The minimum Gasteiger partial charge on any atom is -0.497 e. The third-order valence-electron chi connectivity index (χ3n) is 6.14. The van der Waals surface area contributed by atoms with Crippen LogP contribution in [0.4, 0.5) is 11.4 Å². The van der Waals surface area contributed by atoms with Crippen LogP contribution in [0.1, 0.15) is 18.1 Å². The zero-order valence-electron chi connectivity index (χ0n) is 23.6. The van der Waals surface area contributed by atoms with E-state index < -0.39 is 26.0 Å². The molecular formula is C31H30N2O8S2. The molecule has 0 radical (unpaired) electrons. The van der Waals surface area contributed by atoms with E-state index in [1.165, 1.54) is 44.6 Å². The van der Waals surface area contributed by atoms with Gasteiger partial charge in [0.2, 0.25) is 0 Å². The molecule has 0 saturated heterocycles. The Balaban J connectivity index is 1.67. The number of benzene rings is 4. The quantitative estimate of drug-likeness (QED) is 0.160. The van der Waals surface area contributed by atoms with E-state index in [1.54, 1.807) is 79.7 Å². The molecule has 0 amide bonds. The smallest absolute Gasteiger partial charge is 0.331 e. The lowest BCUT2D eigenvalue weighted by Gasteiger charge is -2.14. The molecule has 0 aliphatic rings. The molecule has 4 rings (SSSR count). The number of nitrogens with one attached hydrogen (secondary N) is 2. The molecule has 0 aliphatic heterocycles. The van der Waals surface area contributed by atoms with Crippen molar-refractivity contribution in [3.8, 4) is 11.5 Å². The second-order valence-corrected chi connectivity index (χ2v) is 12.4. The normalized spacial score (nSPS) is 11.2. The molecule has 4 aromatic carbocycles. The van der Waals surface area contributed by atoms with Crippen LogP contribution in [0.3, 0.4) is 0 Å². The van der Waals surface area contributed by atoms with Gasteiger partial charge in [0, 0.05) is 17.5 Å². The fraction of sp³-hybridized carbons (Fsp3) is 0.129. The number of methoxy groups -OCH3 is 2. The van der Waals surface area contributed by atoms with Gasteiger partial charge in [-0.1, -0.05) is 24.3 Å². The standard InChI is InChI=1S/C31H30N2O8S2/c1-4-41-31(34)21-30(22-7-5-9-24(19-22)32-42(35,36)28-15-11-26(39-2)12-16-28)23-8-6-10-25(20-23)33-43(37,38)29-17-13-27(40-3)14-18-29/h5-21,32-33H,4H2,1-3H3. The first-order valence-corrected chi connectivity index (χ1v) is 15.9. The second-order valence-electron chi connectivity index (χ2n) is 9.03. The molecule has 0 unspecified atom stereocenters. The molecule has 0 fully saturated rings. The van der Waals surface area contributed by atoms with E-state index in [0.29, 0.717) is 28.2 Å². The Labute approximate surface area is 251 Å². The van der Waals surface area contributed by atoms with Crippen LogP contribution in [0.5, 0.6) is 11.5 Å². The minimum atomic E-state index is -3.94. The van der Waals surface area contributed by atoms with Crippen LogP contribution >= 0.6 is 0 Å². The number of anilines is 2.